The van der Waals surface area contributed by atoms with E-state index in [0.29, 0.717) is 49.4 Å². The molecule has 3 aliphatic rings. The van der Waals surface area contributed by atoms with Gasteiger partial charge >= 0.3 is 0 Å². The van der Waals surface area contributed by atoms with Crippen LogP contribution in [0.25, 0.3) is 10.8 Å². The van der Waals surface area contributed by atoms with Gasteiger partial charge < -0.3 is 29.5 Å². The average Bonchev–Trinajstić information content (AvgIpc) is 3.15. The molecule has 3 N–H and O–H groups in total. The van der Waals surface area contributed by atoms with Gasteiger partial charge in [0.2, 0.25) is 0 Å². The fourth-order valence-electron chi connectivity index (χ4n) is 7.68. The maximum absolute atomic E-state index is 13.6. The molecule has 2 aliphatic heterocycles. The number of phenolic OH excluding ortho intramolecular Hbond substituents is 1. The Morgan fingerprint density at radius 3 is 2.63 bits per heavy atom. The van der Waals surface area contributed by atoms with Crippen LogP contribution in [-0.4, -0.2) is 40.9 Å². The van der Waals surface area contributed by atoms with Crippen LogP contribution in [0.4, 0.5) is 0 Å². The Kier molecular flexibility index (Phi) is 12.2. The van der Waals surface area contributed by atoms with E-state index in [4.69, 9.17) is 14.2 Å². The predicted molar refractivity (Wildman–Crippen MR) is 203 cm³/mol. The van der Waals surface area contributed by atoms with E-state index in [9.17, 15) is 20.1 Å². The highest BCUT2D eigenvalue weighted by Crippen LogP contribution is 2.46. The highest BCUT2D eigenvalue weighted by atomic mass is 16.5. The van der Waals surface area contributed by atoms with Gasteiger partial charge in [-0.3, -0.25) is 4.79 Å². The van der Waals surface area contributed by atoms with Gasteiger partial charge in [-0.15, -0.1) is 0 Å². The van der Waals surface area contributed by atoms with Crippen molar-refractivity contribution >= 4 is 16.6 Å². The molecule has 1 aliphatic carbocycles. The summed E-state index contributed by atoms with van der Waals surface area (Å²) in [7, 11) is 1.61. The first-order valence-electron chi connectivity index (χ1n) is 18.3. The zero-order valence-electron chi connectivity index (χ0n) is 29.9. The molecule has 7 rings (SSSR count). The van der Waals surface area contributed by atoms with Gasteiger partial charge in [-0.25, -0.2) is 0 Å². The molecule has 7 nitrogen and oxygen atoms in total. The van der Waals surface area contributed by atoms with Crippen molar-refractivity contribution in [1.29, 1.82) is 0 Å². The zero-order chi connectivity index (χ0) is 36.3. The van der Waals surface area contributed by atoms with Gasteiger partial charge in [0.25, 0.3) is 0 Å². The summed E-state index contributed by atoms with van der Waals surface area (Å²) in [5, 5.41) is 33.8. The van der Waals surface area contributed by atoms with E-state index in [1.807, 2.05) is 60.7 Å². The van der Waals surface area contributed by atoms with Crippen LogP contribution in [0.3, 0.4) is 0 Å². The number of unbranched alkanes of at least 4 members (excludes halogenated alkanes) is 1. The predicted octanol–water partition coefficient (Wildman–Crippen LogP) is 8.73. The SMILES string of the molecule is COc1ccc2cc1OCc1ccc3c(c(O)ccc3c1)CC#CO[C@@H](C[C@@]1(CCO)C=C(O)C=C[C@H]1CCCCc1ccccc1)CC(=O)CC2. The Morgan fingerprint density at radius 2 is 1.81 bits per heavy atom. The van der Waals surface area contributed by atoms with Crippen molar-refractivity contribution < 1.29 is 34.3 Å². The number of Topliss-reactive ketones (excluding diaryl/α,β-unsaturated/α-hetero) is 1. The number of carbonyl (C=O) groups excluding carboxylic acids is 1. The van der Waals surface area contributed by atoms with Crippen molar-refractivity contribution in [2.24, 2.45) is 11.3 Å². The van der Waals surface area contributed by atoms with Crippen molar-refractivity contribution in [1.82, 2.24) is 0 Å². The molecule has 52 heavy (non-hydrogen) atoms. The number of ketones is 1. The maximum atomic E-state index is 13.6. The molecule has 270 valence electrons. The second kappa shape index (κ2) is 17.4. The minimum absolute atomic E-state index is 0.0288. The smallest absolute Gasteiger partial charge is 0.161 e. The molecule has 2 heterocycles. The van der Waals surface area contributed by atoms with Crippen LogP contribution >= 0.6 is 0 Å². The first kappa shape index (κ1) is 36.6. The normalized spacial score (nSPS) is 20.5. The molecule has 4 aromatic carbocycles. The molecule has 0 amide bonds. The molecule has 0 unspecified atom stereocenters. The number of hydrogen-bond acceptors (Lipinski definition) is 7. The van der Waals surface area contributed by atoms with Gasteiger partial charge in [0.1, 0.15) is 36.1 Å². The van der Waals surface area contributed by atoms with E-state index < -0.39 is 11.5 Å². The average molecular weight is 701 g/mol. The van der Waals surface area contributed by atoms with Crippen LogP contribution in [0, 0.1) is 23.4 Å². The van der Waals surface area contributed by atoms with Crippen LogP contribution in [0.2, 0.25) is 0 Å². The monoisotopic (exact) mass is 700 g/mol. The summed E-state index contributed by atoms with van der Waals surface area (Å²) in [6, 6.07) is 25.7. The van der Waals surface area contributed by atoms with Crippen molar-refractivity contribution in [2.75, 3.05) is 13.7 Å². The first-order chi connectivity index (χ1) is 25.4. The lowest BCUT2D eigenvalue weighted by Crippen LogP contribution is -2.36. The van der Waals surface area contributed by atoms with Gasteiger partial charge in [0, 0.05) is 36.8 Å². The van der Waals surface area contributed by atoms with Crippen molar-refractivity contribution in [3.05, 3.63) is 125 Å². The number of hydrogen-bond donors (Lipinski definition) is 3. The van der Waals surface area contributed by atoms with Gasteiger partial charge in [0.15, 0.2) is 11.5 Å². The van der Waals surface area contributed by atoms with E-state index in [2.05, 4.69) is 36.3 Å². The highest BCUT2D eigenvalue weighted by Gasteiger charge is 2.40. The number of phenols is 1. The lowest BCUT2D eigenvalue weighted by molar-refractivity contribution is -0.121. The van der Waals surface area contributed by atoms with Gasteiger partial charge in [-0.1, -0.05) is 73.0 Å². The molecule has 0 aromatic heterocycles. The zero-order valence-corrected chi connectivity index (χ0v) is 29.9. The first-order valence-corrected chi connectivity index (χ1v) is 18.3. The number of benzene rings is 4. The number of rotatable bonds is 10. The summed E-state index contributed by atoms with van der Waals surface area (Å²) in [5.41, 5.74) is 3.29. The van der Waals surface area contributed by atoms with Crippen LogP contribution in [0.5, 0.6) is 17.2 Å². The molecule has 3 atom stereocenters. The summed E-state index contributed by atoms with van der Waals surface area (Å²) in [6.45, 7) is 0.247. The van der Waals surface area contributed by atoms with Crippen LogP contribution in [0.1, 0.15) is 67.2 Å². The second-order valence-electron chi connectivity index (χ2n) is 14.0. The number of fused-ring (bicyclic) bond motifs is 9. The van der Waals surface area contributed by atoms with Crippen molar-refractivity contribution in [3.8, 4) is 29.3 Å². The van der Waals surface area contributed by atoms with Crippen LogP contribution in [0.15, 0.2) is 103 Å². The Bertz CT molecular complexity index is 1970. The van der Waals surface area contributed by atoms with Gasteiger partial charge in [-0.05, 0) is 108 Å². The third-order valence-corrected chi connectivity index (χ3v) is 10.4. The third kappa shape index (κ3) is 9.18. The fraction of sp³-hybridized carbons (Fsp3) is 0.356. The van der Waals surface area contributed by atoms with E-state index >= 15 is 0 Å². The lowest BCUT2D eigenvalue weighted by Gasteiger charge is -2.41. The number of aliphatic hydroxyl groups excluding tert-OH is 2. The van der Waals surface area contributed by atoms with Crippen molar-refractivity contribution in [2.45, 2.75) is 76.9 Å². The summed E-state index contributed by atoms with van der Waals surface area (Å²) in [4.78, 5) is 13.6. The number of aryl methyl sites for hydroxylation is 2. The number of aliphatic hydroxyl groups is 2. The minimum atomic E-state index is -0.629. The number of aromatic hydroxyl groups is 1. The summed E-state index contributed by atoms with van der Waals surface area (Å²) >= 11 is 0. The third-order valence-electron chi connectivity index (χ3n) is 10.4. The topological polar surface area (TPSA) is 105 Å². The molecule has 6 bridgehead atoms. The quantitative estimate of drug-likeness (QED) is 0.112. The second-order valence-corrected chi connectivity index (χ2v) is 14.0. The molecule has 0 spiro atoms. The molecule has 0 saturated carbocycles. The number of carbonyl (C=O) groups is 1. The largest absolute Gasteiger partial charge is 0.508 e. The van der Waals surface area contributed by atoms with Gasteiger partial charge in [-0.2, -0.15) is 0 Å². The van der Waals surface area contributed by atoms with E-state index in [0.717, 1.165) is 47.6 Å². The summed E-state index contributed by atoms with van der Waals surface area (Å²) in [6.07, 6.45) is 13.8. The summed E-state index contributed by atoms with van der Waals surface area (Å²) in [5.74, 6) is 4.67. The highest BCUT2D eigenvalue weighted by molar-refractivity contribution is 5.88. The fourth-order valence-corrected chi connectivity index (χ4v) is 7.68. The maximum Gasteiger partial charge on any atom is 0.161 e. The Balaban J connectivity index is 1.28. The minimum Gasteiger partial charge on any atom is -0.508 e. The molecular weight excluding hydrogens is 652 g/mol. The van der Waals surface area contributed by atoms with Crippen LogP contribution < -0.4 is 9.47 Å². The number of allylic oxidation sites excluding steroid dienone is 3. The number of ether oxygens (including phenoxy) is 3. The Morgan fingerprint density at radius 1 is 0.962 bits per heavy atom. The summed E-state index contributed by atoms with van der Waals surface area (Å²) < 4.78 is 18.0. The molecule has 0 radical (unpaired) electrons. The van der Waals surface area contributed by atoms with Crippen LogP contribution in [-0.2, 0) is 35.4 Å². The van der Waals surface area contributed by atoms with E-state index in [-0.39, 0.29) is 42.7 Å². The lowest BCUT2D eigenvalue weighted by atomic mass is 9.65. The molecular formula is C45H48O7. The van der Waals surface area contributed by atoms with Gasteiger partial charge in [0.05, 0.1) is 7.11 Å². The molecule has 0 fully saturated rings. The van der Waals surface area contributed by atoms with E-state index in [1.54, 1.807) is 19.3 Å². The molecule has 0 saturated heterocycles. The van der Waals surface area contributed by atoms with E-state index in [1.165, 1.54) is 5.56 Å². The molecule has 7 heteroatoms. The number of methoxy groups -OCH3 is 1. The Hall–Kier alpha value is -5.19. The Labute approximate surface area is 306 Å². The standard InChI is InChI=1S/C45H48O7/c1-50-43-22-15-33-13-18-37(47)28-39(30-45(23-24-46)29-38(48)19-17-36(45)11-6-5-10-32-8-3-2-4-9-32)51-25-7-12-41-40-20-14-34(31-52-44(43)27-33)26-35(40)16-21-42(41)49/h2-4,8-9,14-17,19-22,26-27,29,36,39,46,48-49H,5-6,10-13,18,23-24,28,30-31H2,1H3/t36-,39-,45-/m1/s1. The van der Waals surface area contributed by atoms with Crippen molar-refractivity contribution in [3.63, 3.8) is 0 Å². The molecule has 4 aromatic rings.